The van der Waals surface area contributed by atoms with Crippen LogP contribution in [0.4, 0.5) is 13.2 Å². The molecule has 324 valence electrons. The van der Waals surface area contributed by atoms with Crippen LogP contribution in [0.3, 0.4) is 0 Å². The first kappa shape index (κ1) is 42.2. The molecule has 63 heavy (non-hydrogen) atoms. The minimum atomic E-state index is -0.248. The first-order valence-corrected chi connectivity index (χ1v) is 22.8. The monoisotopic (exact) mass is 870 g/mol. The first-order valence-electron chi connectivity index (χ1n) is 21.8. The number of ether oxygens (including phenoxy) is 3. The van der Waals surface area contributed by atoms with Crippen LogP contribution in [-0.2, 0) is 33.5 Å². The highest BCUT2D eigenvalue weighted by atomic mass is 32.2. The molecular weight excluding hydrogens is 822 g/mol. The molecule has 0 bridgehead atoms. The van der Waals surface area contributed by atoms with Crippen molar-refractivity contribution in [2.75, 3.05) is 19.8 Å². The van der Waals surface area contributed by atoms with E-state index in [2.05, 4.69) is 36.4 Å². The Labute approximate surface area is 369 Å². The average molecular weight is 871 g/mol. The Balaban J connectivity index is 0.000000112. The van der Waals surface area contributed by atoms with Crippen LogP contribution in [0.2, 0.25) is 0 Å². The summed E-state index contributed by atoms with van der Waals surface area (Å²) in [6.45, 7) is 0.00408. The number of thioether (sulfide) groups is 1. The molecule has 3 aliphatic carbocycles. The van der Waals surface area contributed by atoms with E-state index in [1.54, 1.807) is 30.0 Å². The van der Waals surface area contributed by atoms with E-state index in [-0.39, 0.29) is 90.3 Å². The smallest absolute Gasteiger partial charge is 0.127 e. The second-order valence-electron chi connectivity index (χ2n) is 17.3. The Morgan fingerprint density at radius 1 is 0.429 bits per heavy atom. The van der Waals surface area contributed by atoms with Crippen LogP contribution in [-0.4, -0.2) is 52.8 Å². The summed E-state index contributed by atoms with van der Waals surface area (Å²) in [5, 5.41) is 28.4. The zero-order valence-corrected chi connectivity index (χ0v) is 35.4. The van der Waals surface area contributed by atoms with E-state index in [0.717, 1.165) is 65.5 Å². The van der Waals surface area contributed by atoms with Crippen LogP contribution in [0.5, 0.6) is 0 Å². The fraction of sp³-hybridized carbons (Fsp3) is 0.321. The van der Waals surface area contributed by atoms with Crippen molar-refractivity contribution in [3.8, 4) is 0 Å². The molecule has 3 saturated heterocycles. The molecule has 0 aromatic heterocycles. The second-order valence-corrected chi connectivity index (χ2v) is 18.6. The lowest BCUT2D eigenvalue weighted by Gasteiger charge is -2.19. The van der Waals surface area contributed by atoms with E-state index in [4.69, 9.17) is 14.2 Å². The molecule has 10 heteroatoms. The molecule has 6 aliphatic rings. The highest BCUT2D eigenvalue weighted by Gasteiger charge is 2.43. The molecule has 5 unspecified atom stereocenters. The number of hydrogen-bond acceptors (Lipinski definition) is 7. The number of halogens is 3. The van der Waals surface area contributed by atoms with Gasteiger partial charge in [-0.15, -0.1) is 11.8 Å². The maximum atomic E-state index is 13.7. The molecule has 3 fully saturated rings. The van der Waals surface area contributed by atoms with Gasteiger partial charge in [0, 0.05) is 11.8 Å². The van der Waals surface area contributed by atoms with Gasteiger partial charge in [0.05, 0.1) is 49.5 Å². The molecule has 3 aliphatic heterocycles. The topological polar surface area (TPSA) is 88.4 Å². The SMILES string of the molecule is OCC1CC2c3ccccc3Cc3ccc(F)cc3C2O1.OCC1O[C@@H]2c3cc(F)ccc3Cc3ccccc3[C@@H]2S1.OC[C@H]1C[C@@H]2c3ccccc3Cc3ccc(F)cc3C2O1. The number of aliphatic hydroxyl groups is 3. The lowest BCUT2D eigenvalue weighted by Crippen LogP contribution is -2.12. The van der Waals surface area contributed by atoms with Crippen LogP contribution < -0.4 is 0 Å². The highest BCUT2D eigenvalue weighted by Crippen LogP contribution is 2.55. The van der Waals surface area contributed by atoms with Crippen molar-refractivity contribution in [3.63, 3.8) is 0 Å². The van der Waals surface area contributed by atoms with Gasteiger partial charge in [-0.1, -0.05) is 91.0 Å². The summed E-state index contributed by atoms with van der Waals surface area (Å²) in [6, 6.07) is 39.9. The van der Waals surface area contributed by atoms with Crippen molar-refractivity contribution in [3.05, 3.63) is 212 Å². The summed E-state index contributed by atoms with van der Waals surface area (Å²) in [4.78, 5) is 0. The van der Waals surface area contributed by atoms with E-state index >= 15 is 0 Å². The van der Waals surface area contributed by atoms with E-state index in [1.807, 2.05) is 54.6 Å². The predicted molar refractivity (Wildman–Crippen MR) is 236 cm³/mol. The number of aliphatic hydroxyl groups excluding tert-OH is 3. The Kier molecular flexibility index (Phi) is 12.1. The third-order valence-electron chi connectivity index (χ3n) is 13.5. The summed E-state index contributed by atoms with van der Waals surface area (Å²) in [7, 11) is 0. The summed E-state index contributed by atoms with van der Waals surface area (Å²) in [5.74, 6) is -0.300. The maximum Gasteiger partial charge on any atom is 0.127 e. The van der Waals surface area contributed by atoms with Gasteiger partial charge in [0.25, 0.3) is 0 Å². The van der Waals surface area contributed by atoms with Crippen molar-refractivity contribution in [2.45, 2.75) is 85.1 Å². The standard InChI is InChI=1S/2C18H17FO2.C17H15FO2S/c2*19-13-6-5-12-7-11-3-1-2-4-15(11)17-9-14(10-20)21-18(17)16(12)8-13;18-12-6-5-11-7-10-3-1-2-4-13(10)17-16(14(11)8-12)20-15(9-19)21-17/h2*1-6,8,14,17-18,20H,7,9-10H2;1-6,8,15-17,19H,7,9H2/t14-,17-,18?;;15?,16-,17+/m1.1/s1. The summed E-state index contributed by atoms with van der Waals surface area (Å²) in [5.41, 5.74) is 13.5. The van der Waals surface area contributed by atoms with Crippen molar-refractivity contribution >= 4 is 11.8 Å². The van der Waals surface area contributed by atoms with Crippen molar-refractivity contribution < 1.29 is 42.7 Å². The van der Waals surface area contributed by atoms with E-state index in [9.17, 15) is 28.5 Å². The molecular formula is C53H49F3O6S. The van der Waals surface area contributed by atoms with Gasteiger partial charge in [-0.3, -0.25) is 0 Å². The van der Waals surface area contributed by atoms with Gasteiger partial charge in [-0.2, -0.15) is 0 Å². The molecule has 0 amide bonds. The van der Waals surface area contributed by atoms with Gasteiger partial charge in [0.2, 0.25) is 0 Å². The van der Waals surface area contributed by atoms with Gasteiger partial charge in [-0.25, -0.2) is 13.2 Å². The van der Waals surface area contributed by atoms with Crippen LogP contribution in [0.15, 0.2) is 127 Å². The van der Waals surface area contributed by atoms with Crippen LogP contribution in [0, 0.1) is 17.5 Å². The van der Waals surface area contributed by atoms with Crippen molar-refractivity contribution in [1.82, 2.24) is 0 Å². The van der Waals surface area contributed by atoms with E-state index in [0.29, 0.717) is 0 Å². The largest absolute Gasteiger partial charge is 0.394 e. The molecule has 6 aromatic rings. The van der Waals surface area contributed by atoms with Gasteiger partial charge in [-0.05, 0) is 135 Å². The fourth-order valence-corrected chi connectivity index (χ4v) is 12.0. The van der Waals surface area contributed by atoms with E-state index < -0.39 is 0 Å². The van der Waals surface area contributed by atoms with Gasteiger partial charge in [0.1, 0.15) is 29.0 Å². The molecule has 3 heterocycles. The van der Waals surface area contributed by atoms with E-state index in [1.165, 1.54) is 51.6 Å². The van der Waals surface area contributed by atoms with Gasteiger partial charge in [0.15, 0.2) is 0 Å². The zero-order valence-electron chi connectivity index (χ0n) is 34.6. The molecule has 0 radical (unpaired) electrons. The van der Waals surface area contributed by atoms with Crippen LogP contribution in [0.25, 0.3) is 0 Å². The molecule has 6 nitrogen and oxygen atoms in total. The molecule has 12 rings (SSSR count). The molecule has 0 spiro atoms. The molecule has 6 aromatic carbocycles. The third kappa shape index (κ3) is 8.27. The van der Waals surface area contributed by atoms with Gasteiger partial charge >= 0.3 is 0 Å². The highest BCUT2D eigenvalue weighted by molar-refractivity contribution is 8.00. The molecule has 3 N–H and O–H groups in total. The summed E-state index contributed by atoms with van der Waals surface area (Å²) >= 11 is 1.63. The second kappa shape index (κ2) is 18.0. The maximum absolute atomic E-state index is 13.7. The Morgan fingerprint density at radius 3 is 1.24 bits per heavy atom. The fourth-order valence-electron chi connectivity index (χ4n) is 10.7. The lowest BCUT2D eigenvalue weighted by atomic mass is 9.87. The number of hydrogen-bond donors (Lipinski definition) is 3. The van der Waals surface area contributed by atoms with Crippen molar-refractivity contribution in [1.29, 1.82) is 0 Å². The minimum Gasteiger partial charge on any atom is -0.394 e. The quantitative estimate of drug-likeness (QED) is 0.163. The molecule has 9 atom stereocenters. The number of rotatable bonds is 3. The Hall–Kier alpha value is -4.78. The third-order valence-corrected chi connectivity index (χ3v) is 14.9. The minimum absolute atomic E-state index is 0.0137. The lowest BCUT2D eigenvalue weighted by molar-refractivity contribution is 0.00827. The first-order chi connectivity index (χ1) is 30.8. The van der Waals surface area contributed by atoms with Crippen LogP contribution in [0.1, 0.15) is 115 Å². The zero-order chi connectivity index (χ0) is 43.2. The summed E-state index contributed by atoms with van der Waals surface area (Å²) < 4.78 is 59.1. The summed E-state index contributed by atoms with van der Waals surface area (Å²) in [6.07, 6.45) is 3.16. The van der Waals surface area contributed by atoms with Gasteiger partial charge < -0.3 is 29.5 Å². The number of fused-ring (bicyclic) bond motifs is 15. The normalized spacial score (nSPS) is 26.7. The average Bonchev–Trinajstić information content (AvgIpc) is 4.01. The Bertz CT molecular complexity index is 2340. The predicted octanol–water partition coefficient (Wildman–Crippen LogP) is 10.3. The van der Waals surface area contributed by atoms with Crippen molar-refractivity contribution in [2.24, 2.45) is 0 Å². The Morgan fingerprint density at radius 2 is 0.810 bits per heavy atom. The molecule has 0 saturated carbocycles. The van der Waals surface area contributed by atoms with Crippen LogP contribution >= 0.6 is 11.8 Å². The number of benzene rings is 6.